The van der Waals surface area contributed by atoms with Crippen molar-refractivity contribution < 1.29 is 9.53 Å². The van der Waals surface area contributed by atoms with Gasteiger partial charge in [0.2, 0.25) is 0 Å². The maximum absolute atomic E-state index is 11.4. The molecule has 1 saturated heterocycles. The Labute approximate surface area is 94.8 Å². The standard InChI is InChI=1S/C11H17N3O2/c1-8-10(11(15)16-2)7-14(13-8)9-4-3-5-12-6-9/h7,9,12H,3-6H2,1-2H3/t9-/m1/s1. The van der Waals surface area contributed by atoms with E-state index in [2.05, 4.69) is 10.4 Å². The number of hydrogen-bond donors (Lipinski definition) is 1. The molecule has 1 aromatic heterocycles. The van der Waals surface area contributed by atoms with Crippen LogP contribution in [0, 0.1) is 6.92 Å². The van der Waals surface area contributed by atoms with Crippen LogP contribution in [-0.4, -0.2) is 35.9 Å². The Morgan fingerprint density at radius 2 is 2.50 bits per heavy atom. The van der Waals surface area contributed by atoms with Gasteiger partial charge < -0.3 is 10.1 Å². The van der Waals surface area contributed by atoms with E-state index in [9.17, 15) is 4.79 Å². The van der Waals surface area contributed by atoms with E-state index in [4.69, 9.17) is 4.74 Å². The Balaban J connectivity index is 2.19. The molecule has 2 heterocycles. The van der Waals surface area contributed by atoms with E-state index in [1.165, 1.54) is 7.11 Å². The zero-order valence-corrected chi connectivity index (χ0v) is 9.69. The Hall–Kier alpha value is -1.36. The highest BCUT2D eigenvalue weighted by Gasteiger charge is 2.19. The van der Waals surface area contributed by atoms with Gasteiger partial charge in [0.1, 0.15) is 5.56 Å². The SMILES string of the molecule is COC(=O)c1cn([C@@H]2CCCNC2)nc1C. The van der Waals surface area contributed by atoms with Gasteiger partial charge in [-0.3, -0.25) is 4.68 Å². The molecule has 1 atom stereocenters. The lowest BCUT2D eigenvalue weighted by Gasteiger charge is -2.22. The van der Waals surface area contributed by atoms with Crippen LogP contribution in [0.1, 0.15) is 34.9 Å². The van der Waals surface area contributed by atoms with E-state index < -0.39 is 0 Å². The van der Waals surface area contributed by atoms with Gasteiger partial charge in [-0.15, -0.1) is 0 Å². The van der Waals surface area contributed by atoms with Crippen LogP contribution in [0.2, 0.25) is 0 Å². The Bertz CT molecular complexity index is 381. The Kier molecular flexibility index (Phi) is 3.24. The molecule has 16 heavy (non-hydrogen) atoms. The summed E-state index contributed by atoms with van der Waals surface area (Å²) in [6, 6.07) is 0.353. The van der Waals surface area contributed by atoms with E-state index in [-0.39, 0.29) is 5.97 Å². The van der Waals surface area contributed by atoms with Crippen LogP contribution in [0.25, 0.3) is 0 Å². The molecule has 0 saturated carbocycles. The molecule has 0 radical (unpaired) electrons. The fraction of sp³-hybridized carbons (Fsp3) is 0.636. The van der Waals surface area contributed by atoms with Crippen LogP contribution in [0.4, 0.5) is 0 Å². The van der Waals surface area contributed by atoms with Crippen LogP contribution in [0.5, 0.6) is 0 Å². The number of piperidine rings is 1. The molecule has 2 rings (SSSR count). The summed E-state index contributed by atoms with van der Waals surface area (Å²) in [5, 5.41) is 7.71. The van der Waals surface area contributed by atoms with Gasteiger partial charge in [0.25, 0.3) is 0 Å². The van der Waals surface area contributed by atoms with Crippen molar-refractivity contribution in [2.24, 2.45) is 0 Å². The molecule has 0 bridgehead atoms. The van der Waals surface area contributed by atoms with Gasteiger partial charge in [0.15, 0.2) is 0 Å². The smallest absolute Gasteiger partial charge is 0.341 e. The molecule has 1 aliphatic rings. The number of aryl methyl sites for hydroxylation is 1. The first kappa shape index (κ1) is 11.1. The molecule has 1 fully saturated rings. The summed E-state index contributed by atoms with van der Waals surface area (Å²) >= 11 is 0. The molecule has 0 spiro atoms. The first-order valence-corrected chi connectivity index (χ1v) is 5.57. The largest absolute Gasteiger partial charge is 0.465 e. The van der Waals surface area contributed by atoms with E-state index >= 15 is 0 Å². The van der Waals surface area contributed by atoms with Crippen molar-refractivity contribution in [3.05, 3.63) is 17.5 Å². The number of nitrogens with one attached hydrogen (secondary N) is 1. The lowest BCUT2D eigenvalue weighted by atomic mass is 10.1. The van der Waals surface area contributed by atoms with Crippen molar-refractivity contribution >= 4 is 5.97 Å². The van der Waals surface area contributed by atoms with Gasteiger partial charge in [0.05, 0.1) is 18.8 Å². The first-order chi connectivity index (χ1) is 7.72. The van der Waals surface area contributed by atoms with Gasteiger partial charge in [-0.05, 0) is 26.3 Å². The fourth-order valence-corrected chi connectivity index (χ4v) is 2.04. The number of ether oxygens (including phenoxy) is 1. The lowest BCUT2D eigenvalue weighted by molar-refractivity contribution is 0.0599. The minimum absolute atomic E-state index is 0.312. The zero-order valence-electron chi connectivity index (χ0n) is 9.69. The molecule has 0 amide bonds. The second kappa shape index (κ2) is 4.65. The number of carbonyl (C=O) groups is 1. The average molecular weight is 223 g/mol. The maximum Gasteiger partial charge on any atom is 0.341 e. The fourth-order valence-electron chi connectivity index (χ4n) is 2.04. The third-order valence-corrected chi connectivity index (χ3v) is 2.97. The highest BCUT2D eigenvalue weighted by atomic mass is 16.5. The summed E-state index contributed by atoms with van der Waals surface area (Å²) in [6.45, 7) is 3.82. The third kappa shape index (κ3) is 2.09. The third-order valence-electron chi connectivity index (χ3n) is 2.97. The molecular weight excluding hydrogens is 206 g/mol. The summed E-state index contributed by atoms with van der Waals surface area (Å²) in [6.07, 6.45) is 4.05. The maximum atomic E-state index is 11.4. The highest BCUT2D eigenvalue weighted by Crippen LogP contribution is 2.18. The highest BCUT2D eigenvalue weighted by molar-refractivity contribution is 5.90. The number of aromatic nitrogens is 2. The van der Waals surface area contributed by atoms with Crippen molar-refractivity contribution in [2.45, 2.75) is 25.8 Å². The quantitative estimate of drug-likeness (QED) is 0.757. The molecule has 1 N–H and O–H groups in total. The van der Waals surface area contributed by atoms with Gasteiger partial charge in [-0.1, -0.05) is 0 Å². The average Bonchev–Trinajstić information content (AvgIpc) is 2.71. The van der Waals surface area contributed by atoms with Gasteiger partial charge in [-0.2, -0.15) is 5.10 Å². The predicted molar refractivity (Wildman–Crippen MR) is 59.4 cm³/mol. The number of nitrogens with zero attached hydrogens (tertiary/aromatic N) is 2. The van der Waals surface area contributed by atoms with Crippen molar-refractivity contribution in [1.82, 2.24) is 15.1 Å². The predicted octanol–water partition coefficient (Wildman–Crippen LogP) is 0.903. The van der Waals surface area contributed by atoms with Crippen molar-refractivity contribution in [2.75, 3.05) is 20.2 Å². The lowest BCUT2D eigenvalue weighted by Crippen LogP contribution is -2.31. The minimum atomic E-state index is -0.312. The van der Waals surface area contributed by atoms with Gasteiger partial charge >= 0.3 is 5.97 Å². The second-order valence-corrected chi connectivity index (χ2v) is 4.10. The normalized spacial score (nSPS) is 20.8. The molecule has 0 unspecified atom stereocenters. The first-order valence-electron chi connectivity index (χ1n) is 5.57. The van der Waals surface area contributed by atoms with E-state index in [1.54, 1.807) is 6.20 Å². The molecule has 5 nitrogen and oxygen atoms in total. The molecule has 88 valence electrons. The number of esters is 1. The molecular formula is C11H17N3O2. The Morgan fingerprint density at radius 1 is 1.69 bits per heavy atom. The van der Waals surface area contributed by atoms with Crippen LogP contribution < -0.4 is 5.32 Å². The van der Waals surface area contributed by atoms with E-state index in [0.717, 1.165) is 31.6 Å². The van der Waals surface area contributed by atoms with Crippen molar-refractivity contribution in [3.8, 4) is 0 Å². The van der Waals surface area contributed by atoms with E-state index in [1.807, 2.05) is 11.6 Å². The number of rotatable bonds is 2. The summed E-state index contributed by atoms with van der Waals surface area (Å²) in [5.74, 6) is -0.312. The monoisotopic (exact) mass is 223 g/mol. The second-order valence-electron chi connectivity index (χ2n) is 4.10. The summed E-state index contributed by atoms with van der Waals surface area (Å²) in [4.78, 5) is 11.4. The molecule has 5 heteroatoms. The summed E-state index contributed by atoms with van der Waals surface area (Å²) in [5.41, 5.74) is 1.30. The van der Waals surface area contributed by atoms with Crippen molar-refractivity contribution in [3.63, 3.8) is 0 Å². The molecule has 0 aromatic carbocycles. The van der Waals surface area contributed by atoms with Gasteiger partial charge in [0, 0.05) is 12.7 Å². The topological polar surface area (TPSA) is 56.1 Å². The van der Waals surface area contributed by atoms with E-state index in [0.29, 0.717) is 11.6 Å². The Morgan fingerprint density at radius 3 is 3.12 bits per heavy atom. The van der Waals surface area contributed by atoms with Crippen LogP contribution >= 0.6 is 0 Å². The molecule has 0 aliphatic carbocycles. The number of hydrogen-bond acceptors (Lipinski definition) is 4. The van der Waals surface area contributed by atoms with Crippen molar-refractivity contribution in [1.29, 1.82) is 0 Å². The van der Waals surface area contributed by atoms with Crippen LogP contribution in [0.3, 0.4) is 0 Å². The van der Waals surface area contributed by atoms with Crippen LogP contribution in [0.15, 0.2) is 6.20 Å². The van der Waals surface area contributed by atoms with Gasteiger partial charge in [-0.25, -0.2) is 4.79 Å². The number of carbonyl (C=O) groups excluding carboxylic acids is 1. The molecule has 1 aromatic rings. The van der Waals surface area contributed by atoms with Crippen LogP contribution in [-0.2, 0) is 4.74 Å². The number of methoxy groups -OCH3 is 1. The minimum Gasteiger partial charge on any atom is -0.465 e. The summed E-state index contributed by atoms with van der Waals surface area (Å²) < 4.78 is 6.59. The zero-order chi connectivity index (χ0) is 11.5. The molecule has 1 aliphatic heterocycles. The summed E-state index contributed by atoms with van der Waals surface area (Å²) in [7, 11) is 1.39.